The van der Waals surface area contributed by atoms with Gasteiger partial charge in [0.05, 0.1) is 0 Å². The van der Waals surface area contributed by atoms with Crippen molar-refractivity contribution in [2.24, 2.45) is 0 Å². The quantitative estimate of drug-likeness (QED) is 0.377. The van der Waals surface area contributed by atoms with Crippen LogP contribution in [0.25, 0.3) is 0 Å². The van der Waals surface area contributed by atoms with Crippen molar-refractivity contribution in [2.45, 2.75) is 12.8 Å². The van der Waals surface area contributed by atoms with Crippen LogP contribution in [0.3, 0.4) is 0 Å². The SMILES string of the molecule is O[Si](O)(OCCCCl)OCCCCl. The van der Waals surface area contributed by atoms with Crippen molar-refractivity contribution in [2.75, 3.05) is 25.0 Å². The van der Waals surface area contributed by atoms with E-state index in [9.17, 15) is 0 Å². The maximum absolute atomic E-state index is 9.13. The Morgan fingerprint density at radius 2 is 1.31 bits per heavy atom. The van der Waals surface area contributed by atoms with Gasteiger partial charge in [-0.1, -0.05) is 0 Å². The van der Waals surface area contributed by atoms with Crippen LogP contribution in [0.4, 0.5) is 0 Å². The van der Waals surface area contributed by atoms with Gasteiger partial charge in [-0.3, -0.25) is 0 Å². The number of alkyl halides is 2. The molecule has 0 saturated heterocycles. The van der Waals surface area contributed by atoms with E-state index >= 15 is 0 Å². The highest BCUT2D eigenvalue weighted by Crippen LogP contribution is 2.01. The van der Waals surface area contributed by atoms with Crippen LogP contribution in [0.5, 0.6) is 0 Å². The molecular weight excluding hydrogens is 235 g/mol. The van der Waals surface area contributed by atoms with Crippen LogP contribution in [-0.2, 0) is 8.85 Å². The lowest BCUT2D eigenvalue weighted by Gasteiger charge is -2.16. The second-order valence-corrected chi connectivity index (χ2v) is 4.76. The summed E-state index contributed by atoms with van der Waals surface area (Å²) in [6.07, 6.45) is 1.13. The standard InChI is InChI=1S/C6H14Cl2O4Si/c7-3-1-5-11-13(9,10)12-6-2-4-8/h9-10H,1-6H2. The van der Waals surface area contributed by atoms with Crippen LogP contribution >= 0.6 is 23.2 Å². The molecule has 13 heavy (non-hydrogen) atoms. The first kappa shape index (κ1) is 13.6. The number of rotatable bonds is 8. The van der Waals surface area contributed by atoms with E-state index in [-0.39, 0.29) is 13.2 Å². The molecule has 0 spiro atoms. The molecule has 0 heterocycles. The van der Waals surface area contributed by atoms with Crippen molar-refractivity contribution in [1.29, 1.82) is 0 Å². The van der Waals surface area contributed by atoms with Crippen molar-refractivity contribution < 1.29 is 18.4 Å². The lowest BCUT2D eigenvalue weighted by atomic mass is 10.5. The molecule has 7 heteroatoms. The Kier molecular flexibility index (Phi) is 8.38. The maximum atomic E-state index is 9.13. The Morgan fingerprint density at radius 1 is 0.923 bits per heavy atom. The smallest absolute Gasteiger partial charge is 0.367 e. The predicted octanol–water partition coefficient (Wildman–Crippen LogP) is 0.698. The Labute approximate surface area is 88.9 Å². The van der Waals surface area contributed by atoms with E-state index in [1.807, 2.05) is 0 Å². The number of hydrogen-bond acceptors (Lipinski definition) is 4. The summed E-state index contributed by atoms with van der Waals surface area (Å²) in [5.74, 6) is 0.846. The lowest BCUT2D eigenvalue weighted by Crippen LogP contribution is -2.43. The fraction of sp³-hybridized carbons (Fsp3) is 1.00. The second-order valence-electron chi connectivity index (χ2n) is 2.33. The van der Waals surface area contributed by atoms with Crippen LogP contribution in [0.15, 0.2) is 0 Å². The minimum atomic E-state index is -3.90. The summed E-state index contributed by atoms with van der Waals surface area (Å²) in [5, 5.41) is 0. The lowest BCUT2D eigenvalue weighted by molar-refractivity contribution is 0.0246. The summed E-state index contributed by atoms with van der Waals surface area (Å²) >= 11 is 10.7. The average molecular weight is 249 g/mol. The summed E-state index contributed by atoms with van der Waals surface area (Å²) in [5.41, 5.74) is 0. The molecule has 0 aliphatic rings. The summed E-state index contributed by atoms with van der Waals surface area (Å²) in [7, 11) is -3.90. The molecule has 4 nitrogen and oxygen atoms in total. The first-order valence-corrected chi connectivity index (χ1v) is 6.75. The average Bonchev–Trinajstić information content (AvgIpc) is 2.05. The molecule has 0 aliphatic carbocycles. The highest BCUT2D eigenvalue weighted by atomic mass is 35.5. The molecular formula is C6H14Cl2O4Si. The van der Waals surface area contributed by atoms with Gasteiger partial charge >= 0.3 is 9.05 Å². The zero-order valence-corrected chi connectivity index (χ0v) is 9.72. The normalized spacial score (nSPS) is 12.0. The second kappa shape index (κ2) is 7.99. The van der Waals surface area contributed by atoms with Crippen molar-refractivity contribution in [3.05, 3.63) is 0 Å². The third-order valence-corrected chi connectivity index (χ3v) is 2.83. The number of halogens is 2. The van der Waals surface area contributed by atoms with E-state index < -0.39 is 9.05 Å². The van der Waals surface area contributed by atoms with Gasteiger partial charge in [0.15, 0.2) is 0 Å². The van der Waals surface area contributed by atoms with Gasteiger partial charge in [-0.15, -0.1) is 23.2 Å². The molecule has 0 aromatic heterocycles. The van der Waals surface area contributed by atoms with Gasteiger partial charge in [-0.05, 0) is 12.8 Å². The van der Waals surface area contributed by atoms with Crippen LogP contribution in [0.1, 0.15) is 12.8 Å². The fourth-order valence-electron chi connectivity index (χ4n) is 0.561. The highest BCUT2D eigenvalue weighted by molar-refractivity contribution is 6.50. The van der Waals surface area contributed by atoms with E-state index in [2.05, 4.69) is 0 Å². The van der Waals surface area contributed by atoms with Crippen molar-refractivity contribution in [1.82, 2.24) is 0 Å². The first-order valence-electron chi connectivity index (χ1n) is 3.97. The molecule has 0 amide bonds. The van der Waals surface area contributed by atoms with Gasteiger partial charge in [0.25, 0.3) is 0 Å². The summed E-state index contributed by atoms with van der Waals surface area (Å²) in [4.78, 5) is 18.3. The van der Waals surface area contributed by atoms with Gasteiger partial charge in [0.1, 0.15) is 0 Å². The van der Waals surface area contributed by atoms with E-state index in [0.29, 0.717) is 24.6 Å². The zero-order chi connectivity index (χ0) is 10.2. The highest BCUT2D eigenvalue weighted by Gasteiger charge is 2.35. The number of hydrogen-bond donors (Lipinski definition) is 2. The molecule has 0 atom stereocenters. The van der Waals surface area contributed by atoms with Gasteiger partial charge in [0.2, 0.25) is 0 Å². The minimum Gasteiger partial charge on any atom is -0.367 e. The van der Waals surface area contributed by atoms with Crippen molar-refractivity contribution in [3.63, 3.8) is 0 Å². The molecule has 0 aromatic carbocycles. The van der Waals surface area contributed by atoms with Gasteiger partial charge in [0, 0.05) is 25.0 Å². The van der Waals surface area contributed by atoms with Crippen LogP contribution in [-0.4, -0.2) is 43.6 Å². The van der Waals surface area contributed by atoms with E-state index in [4.69, 9.17) is 41.6 Å². The fourth-order valence-corrected chi connectivity index (χ4v) is 1.68. The van der Waals surface area contributed by atoms with Crippen molar-refractivity contribution >= 4 is 32.2 Å². The topological polar surface area (TPSA) is 58.9 Å². The molecule has 80 valence electrons. The molecule has 0 aromatic rings. The molecule has 0 saturated carbocycles. The largest absolute Gasteiger partial charge is 0.674 e. The van der Waals surface area contributed by atoms with Crippen molar-refractivity contribution in [3.8, 4) is 0 Å². The summed E-state index contributed by atoms with van der Waals surface area (Å²) < 4.78 is 9.43. The third-order valence-electron chi connectivity index (χ3n) is 1.14. The zero-order valence-electron chi connectivity index (χ0n) is 7.21. The Balaban J connectivity index is 3.42. The summed E-state index contributed by atoms with van der Waals surface area (Å²) in [6.45, 7) is 0.396. The first-order chi connectivity index (χ1) is 6.12. The third kappa shape index (κ3) is 8.95. The molecule has 0 radical (unpaired) electrons. The Bertz CT molecular complexity index is 113. The molecule has 0 aliphatic heterocycles. The van der Waals surface area contributed by atoms with Crippen LogP contribution in [0.2, 0.25) is 0 Å². The molecule has 0 unspecified atom stereocenters. The van der Waals surface area contributed by atoms with Gasteiger partial charge < -0.3 is 18.4 Å². The van der Waals surface area contributed by atoms with E-state index in [1.54, 1.807) is 0 Å². The molecule has 0 bridgehead atoms. The minimum absolute atomic E-state index is 0.198. The predicted molar refractivity (Wildman–Crippen MR) is 52.8 cm³/mol. The Morgan fingerprint density at radius 3 is 1.62 bits per heavy atom. The van der Waals surface area contributed by atoms with E-state index in [1.165, 1.54) is 0 Å². The van der Waals surface area contributed by atoms with E-state index in [0.717, 1.165) is 0 Å². The molecule has 0 rings (SSSR count). The van der Waals surface area contributed by atoms with Crippen LogP contribution in [0, 0.1) is 0 Å². The van der Waals surface area contributed by atoms with Gasteiger partial charge in [-0.2, -0.15) is 0 Å². The van der Waals surface area contributed by atoms with Gasteiger partial charge in [-0.25, -0.2) is 0 Å². The molecule has 2 N–H and O–H groups in total. The summed E-state index contributed by atoms with van der Waals surface area (Å²) in [6, 6.07) is 0. The van der Waals surface area contributed by atoms with Crippen LogP contribution < -0.4 is 0 Å². The monoisotopic (exact) mass is 248 g/mol. The molecule has 0 fully saturated rings. The Hall–Kier alpha value is 0.637. The maximum Gasteiger partial charge on any atom is 0.674 e.